The second-order valence-corrected chi connectivity index (χ2v) is 18.5. The predicted molar refractivity (Wildman–Crippen MR) is 196 cm³/mol. The summed E-state index contributed by atoms with van der Waals surface area (Å²) in [6, 6.07) is 3.19. The number of fused-ring (bicyclic) bond motifs is 3. The number of benzene rings is 1. The van der Waals surface area contributed by atoms with Crippen LogP contribution in [0.25, 0.3) is 0 Å². The second kappa shape index (κ2) is 15.5. The lowest BCUT2D eigenvalue weighted by atomic mass is 10.0. The van der Waals surface area contributed by atoms with Gasteiger partial charge in [-0.05, 0) is 82.9 Å². The molecule has 5 atom stereocenters. The monoisotopic (exact) mass is 793 g/mol. The highest BCUT2D eigenvalue weighted by Gasteiger charge is 2.64. The van der Waals surface area contributed by atoms with Gasteiger partial charge in [0.1, 0.15) is 29.3 Å². The fraction of sp³-hybridized carbons (Fsp3) is 0.703. The van der Waals surface area contributed by atoms with Crippen LogP contribution in [0.4, 0.5) is 9.59 Å². The summed E-state index contributed by atoms with van der Waals surface area (Å²) in [5.41, 5.74) is -0.640. The minimum Gasteiger partial charge on any atom is -0.444 e. The summed E-state index contributed by atoms with van der Waals surface area (Å²) in [5, 5.41) is 6.10. The van der Waals surface area contributed by atoms with Crippen LogP contribution in [-0.2, 0) is 51.7 Å². The van der Waals surface area contributed by atoms with Gasteiger partial charge in [0.2, 0.25) is 11.8 Å². The van der Waals surface area contributed by atoms with Crippen LogP contribution in [0.15, 0.2) is 18.2 Å². The molecule has 15 nitrogen and oxygen atoms in total. The largest absolute Gasteiger partial charge is 0.444 e. The number of halogens is 1. The summed E-state index contributed by atoms with van der Waals surface area (Å²) in [4.78, 5) is 70.4. The van der Waals surface area contributed by atoms with Gasteiger partial charge in [-0.15, -0.1) is 0 Å². The van der Waals surface area contributed by atoms with Crippen LogP contribution in [0.2, 0.25) is 5.02 Å². The van der Waals surface area contributed by atoms with Crippen LogP contribution in [-0.4, -0.2) is 95.5 Å². The van der Waals surface area contributed by atoms with Crippen molar-refractivity contribution in [3.63, 3.8) is 0 Å². The Balaban J connectivity index is 1.25. The maximum Gasteiger partial charge on any atom is 0.410 e. The molecular formula is C37H52ClN5O10S. The number of nitrogens with zero attached hydrogens (tertiary/aromatic N) is 2. The Kier molecular flexibility index (Phi) is 11.5. The zero-order chi connectivity index (χ0) is 39.1. The zero-order valence-electron chi connectivity index (χ0n) is 31.4. The van der Waals surface area contributed by atoms with E-state index in [9.17, 15) is 32.4 Å². The van der Waals surface area contributed by atoms with Gasteiger partial charge in [-0.1, -0.05) is 55.8 Å². The fourth-order valence-electron chi connectivity index (χ4n) is 7.91. The standard InChI is InChI=1S/C37H52ClN5O10S/c1-5-51-36(16-17-36)54(49,50)41-32(46)37-19-24(37)13-9-7-6-8-10-15-28(39-33(47)53-35(2,3)4)31(45)43-21-25(18-29(43)30(44)40-37)52-34(48)42-20-23-12-11-14-27(38)26(23)22-42/h11-12,14,24-25,28-29H,5-10,13,15-22H2,1-4H3,(H,39,47)(H,40,44)(H,41,46)/t24-,25-,28+,29+,37-/m1/s1. The minimum absolute atomic E-state index is 0.0852. The van der Waals surface area contributed by atoms with Crippen molar-refractivity contribution in [1.29, 1.82) is 0 Å². The number of alkyl carbamates (subject to hydrolysis) is 1. The van der Waals surface area contributed by atoms with E-state index in [4.69, 9.17) is 25.8 Å². The third-order valence-corrected chi connectivity index (χ3v) is 13.3. The lowest BCUT2D eigenvalue weighted by Gasteiger charge is -2.30. The third kappa shape index (κ3) is 8.60. The molecule has 4 fully saturated rings. The number of sulfonamides is 1. The topological polar surface area (TPSA) is 190 Å². The summed E-state index contributed by atoms with van der Waals surface area (Å²) in [6.07, 6.45) is 3.00. The van der Waals surface area contributed by atoms with Crippen molar-refractivity contribution >= 4 is 51.5 Å². The zero-order valence-corrected chi connectivity index (χ0v) is 33.0. The van der Waals surface area contributed by atoms with Gasteiger partial charge in [-0.3, -0.25) is 19.3 Å². The Labute approximate surface area is 321 Å². The van der Waals surface area contributed by atoms with E-state index in [2.05, 4.69) is 15.4 Å². The highest BCUT2D eigenvalue weighted by Crippen LogP contribution is 2.49. The van der Waals surface area contributed by atoms with Crippen LogP contribution in [0.5, 0.6) is 0 Å². The lowest BCUT2D eigenvalue weighted by Crippen LogP contribution is -2.59. The Morgan fingerprint density at radius 2 is 1.74 bits per heavy atom. The molecule has 1 aromatic carbocycles. The Bertz CT molecular complexity index is 1760. The quantitative estimate of drug-likeness (QED) is 0.360. The van der Waals surface area contributed by atoms with E-state index >= 15 is 0 Å². The second-order valence-electron chi connectivity index (χ2n) is 16.2. The number of amides is 5. The van der Waals surface area contributed by atoms with Gasteiger partial charge in [0.05, 0.1) is 13.1 Å². The van der Waals surface area contributed by atoms with Crippen molar-refractivity contribution in [2.24, 2.45) is 5.92 Å². The molecule has 2 saturated carbocycles. The average molecular weight is 794 g/mol. The Morgan fingerprint density at radius 3 is 2.41 bits per heavy atom. The Morgan fingerprint density at radius 1 is 1.04 bits per heavy atom. The van der Waals surface area contributed by atoms with E-state index in [-0.39, 0.29) is 64.3 Å². The highest BCUT2D eigenvalue weighted by atomic mass is 35.5. The first-order valence-electron chi connectivity index (χ1n) is 19.0. The van der Waals surface area contributed by atoms with Crippen molar-refractivity contribution in [1.82, 2.24) is 25.2 Å². The molecule has 0 radical (unpaired) electrons. The van der Waals surface area contributed by atoms with Crippen LogP contribution in [0, 0.1) is 5.92 Å². The van der Waals surface area contributed by atoms with Crippen molar-refractivity contribution in [2.45, 2.75) is 146 Å². The molecule has 2 aliphatic carbocycles. The molecule has 17 heteroatoms. The summed E-state index contributed by atoms with van der Waals surface area (Å²) < 4.78 is 45.8. The van der Waals surface area contributed by atoms with Crippen LogP contribution in [0.3, 0.4) is 0 Å². The van der Waals surface area contributed by atoms with Gasteiger partial charge in [-0.25, -0.2) is 22.7 Å². The molecular weight excluding hydrogens is 742 g/mol. The van der Waals surface area contributed by atoms with Crippen molar-refractivity contribution < 1.29 is 46.6 Å². The van der Waals surface area contributed by atoms with E-state index < -0.39 is 74.2 Å². The summed E-state index contributed by atoms with van der Waals surface area (Å²) in [6.45, 7) is 7.33. The van der Waals surface area contributed by atoms with Crippen LogP contribution < -0.4 is 15.4 Å². The van der Waals surface area contributed by atoms with Gasteiger partial charge in [0, 0.05) is 24.6 Å². The minimum atomic E-state index is -4.23. The van der Waals surface area contributed by atoms with E-state index in [0.717, 1.165) is 36.8 Å². The average Bonchev–Trinajstić information content (AvgIpc) is 3.91. The Hall–Kier alpha value is -3.63. The molecule has 3 aliphatic heterocycles. The molecule has 0 unspecified atom stereocenters. The molecule has 6 rings (SSSR count). The van der Waals surface area contributed by atoms with Crippen molar-refractivity contribution in [3.8, 4) is 0 Å². The molecule has 298 valence electrons. The van der Waals surface area contributed by atoms with Gasteiger partial charge >= 0.3 is 12.2 Å². The fourth-order valence-corrected chi connectivity index (χ4v) is 9.69. The molecule has 0 aromatic heterocycles. The number of nitrogens with one attached hydrogen (secondary N) is 3. The smallest absolute Gasteiger partial charge is 0.410 e. The number of rotatable bonds is 7. The predicted octanol–water partition coefficient (Wildman–Crippen LogP) is 4.25. The first-order valence-corrected chi connectivity index (χ1v) is 20.9. The summed E-state index contributed by atoms with van der Waals surface area (Å²) in [7, 11) is -4.23. The molecule has 3 N–H and O–H groups in total. The number of carbonyl (C=O) groups excluding carboxylic acids is 5. The third-order valence-electron chi connectivity index (χ3n) is 11.0. The number of hydrogen-bond acceptors (Lipinski definition) is 10. The molecule has 3 heterocycles. The van der Waals surface area contributed by atoms with E-state index in [1.54, 1.807) is 39.8 Å². The lowest BCUT2D eigenvalue weighted by molar-refractivity contribution is -0.141. The van der Waals surface area contributed by atoms with Gasteiger partial charge in [0.25, 0.3) is 15.9 Å². The molecule has 54 heavy (non-hydrogen) atoms. The molecule has 5 amide bonds. The summed E-state index contributed by atoms with van der Waals surface area (Å²) in [5.74, 6) is -2.41. The highest BCUT2D eigenvalue weighted by molar-refractivity contribution is 7.91. The van der Waals surface area contributed by atoms with Crippen molar-refractivity contribution in [2.75, 3.05) is 13.2 Å². The van der Waals surface area contributed by atoms with Gasteiger partial charge < -0.3 is 29.7 Å². The molecule has 0 bridgehead atoms. The first-order chi connectivity index (χ1) is 25.5. The van der Waals surface area contributed by atoms with Gasteiger partial charge in [0.15, 0.2) is 4.93 Å². The molecule has 0 spiro atoms. The molecule has 5 aliphatic rings. The van der Waals surface area contributed by atoms with Crippen molar-refractivity contribution in [3.05, 3.63) is 34.3 Å². The van der Waals surface area contributed by atoms with Gasteiger partial charge in [-0.2, -0.15) is 0 Å². The van der Waals surface area contributed by atoms with E-state index in [1.807, 2.05) is 6.07 Å². The summed E-state index contributed by atoms with van der Waals surface area (Å²) >= 11 is 6.37. The van der Waals surface area contributed by atoms with Crippen LogP contribution in [0.1, 0.15) is 109 Å². The normalized spacial score (nSPS) is 28.3. The maximum atomic E-state index is 14.4. The van der Waals surface area contributed by atoms with E-state index in [0.29, 0.717) is 17.9 Å². The number of ether oxygens (including phenoxy) is 3. The van der Waals surface area contributed by atoms with E-state index in [1.165, 1.54) is 9.80 Å². The molecule has 2 saturated heterocycles. The maximum absolute atomic E-state index is 14.4. The SMILES string of the molecule is CCOC1(S(=O)(=O)NC(=O)[C@@]23C[C@H]2CCCCCCC[C@H](NC(=O)OC(C)(C)C)C(=O)N2C[C@H](OC(=O)N4Cc5cccc(Cl)c5C4)C[C@H]2C(=O)N3)CC1. The van der Waals surface area contributed by atoms with Crippen LogP contribution >= 0.6 is 11.6 Å². The number of hydrogen-bond donors (Lipinski definition) is 3. The number of carbonyl (C=O) groups is 5. The molecule has 1 aromatic rings. The first kappa shape index (κ1) is 40.0.